The minimum absolute atomic E-state index is 0.0821. The predicted molar refractivity (Wildman–Crippen MR) is 92.9 cm³/mol. The normalized spacial score (nSPS) is 20.0. The molecule has 1 aliphatic rings. The highest BCUT2D eigenvalue weighted by atomic mass is 19.1. The van der Waals surface area contributed by atoms with Gasteiger partial charge in [0.2, 0.25) is 0 Å². The molecule has 1 saturated heterocycles. The van der Waals surface area contributed by atoms with Gasteiger partial charge in [0.15, 0.2) is 5.60 Å². The van der Waals surface area contributed by atoms with Crippen LogP contribution in [0.25, 0.3) is 0 Å². The molecular weight excluding hydrogens is 337 g/mol. The standard InChI is InChI=1S/C19H20FN3O3/c1-19(18(21)25)12-23(6-7-26-19)17(24)15-9-13(10-22-11-15)8-14-4-2-3-5-16(14)20/h2-5,9-11H,6-8,12H2,1H3,(H2,21,25)/t19-/m0/s1. The lowest BCUT2D eigenvalue weighted by molar-refractivity contribution is -0.150. The number of hydrogen-bond donors (Lipinski definition) is 1. The van der Waals surface area contributed by atoms with Crippen LogP contribution in [0.15, 0.2) is 42.7 Å². The molecule has 2 aromatic rings. The highest BCUT2D eigenvalue weighted by Gasteiger charge is 2.39. The summed E-state index contributed by atoms with van der Waals surface area (Å²) in [5.74, 6) is -1.17. The fourth-order valence-corrected chi connectivity index (χ4v) is 2.94. The van der Waals surface area contributed by atoms with Crippen LogP contribution in [0.2, 0.25) is 0 Å². The monoisotopic (exact) mass is 357 g/mol. The maximum absolute atomic E-state index is 13.8. The summed E-state index contributed by atoms with van der Waals surface area (Å²) in [6, 6.07) is 8.18. The van der Waals surface area contributed by atoms with Crippen LogP contribution in [-0.2, 0) is 16.0 Å². The number of hydrogen-bond acceptors (Lipinski definition) is 4. The third-order valence-electron chi connectivity index (χ3n) is 4.48. The molecule has 0 bridgehead atoms. The Bertz CT molecular complexity index is 842. The van der Waals surface area contributed by atoms with E-state index in [9.17, 15) is 14.0 Å². The van der Waals surface area contributed by atoms with Crippen LogP contribution >= 0.6 is 0 Å². The summed E-state index contributed by atoms with van der Waals surface area (Å²) in [7, 11) is 0. The van der Waals surface area contributed by atoms with E-state index in [1.807, 2.05) is 0 Å². The molecule has 1 aromatic carbocycles. The molecule has 1 aliphatic heterocycles. The number of aromatic nitrogens is 1. The van der Waals surface area contributed by atoms with Crippen LogP contribution in [0.1, 0.15) is 28.4 Å². The number of primary amides is 1. The Morgan fingerprint density at radius 2 is 2.12 bits per heavy atom. The third kappa shape index (κ3) is 3.72. The van der Waals surface area contributed by atoms with E-state index in [0.29, 0.717) is 24.1 Å². The Hall–Kier alpha value is -2.80. The van der Waals surface area contributed by atoms with Crippen molar-refractivity contribution in [3.63, 3.8) is 0 Å². The van der Waals surface area contributed by atoms with Crippen molar-refractivity contribution in [3.05, 3.63) is 65.2 Å². The number of benzene rings is 1. The SMILES string of the molecule is C[C@@]1(C(N)=O)CN(C(=O)c2cncc(Cc3ccccc3F)c2)CCO1. The van der Waals surface area contributed by atoms with E-state index in [1.54, 1.807) is 37.4 Å². The molecule has 3 rings (SSSR count). The summed E-state index contributed by atoms with van der Waals surface area (Å²) in [6.45, 7) is 2.24. The summed E-state index contributed by atoms with van der Waals surface area (Å²) in [6.07, 6.45) is 3.41. The first-order valence-electron chi connectivity index (χ1n) is 8.29. The Kier molecular flexibility index (Phi) is 4.99. The fraction of sp³-hybridized carbons (Fsp3) is 0.316. The van der Waals surface area contributed by atoms with Crippen molar-refractivity contribution < 1.29 is 18.7 Å². The maximum Gasteiger partial charge on any atom is 0.255 e. The predicted octanol–water partition coefficient (Wildman–Crippen LogP) is 1.53. The van der Waals surface area contributed by atoms with Gasteiger partial charge in [0.1, 0.15) is 5.82 Å². The average Bonchev–Trinajstić information content (AvgIpc) is 2.63. The lowest BCUT2D eigenvalue weighted by Gasteiger charge is -2.38. The van der Waals surface area contributed by atoms with E-state index >= 15 is 0 Å². The highest BCUT2D eigenvalue weighted by molar-refractivity contribution is 5.95. The minimum atomic E-state index is -1.20. The molecule has 1 atom stereocenters. The molecule has 1 fully saturated rings. The summed E-state index contributed by atoms with van der Waals surface area (Å²) in [4.78, 5) is 30.0. The van der Waals surface area contributed by atoms with Crippen molar-refractivity contribution in [2.24, 2.45) is 5.73 Å². The van der Waals surface area contributed by atoms with Crippen LogP contribution in [0, 0.1) is 5.82 Å². The molecule has 0 unspecified atom stereocenters. The Labute approximate surface area is 150 Å². The number of pyridine rings is 1. The van der Waals surface area contributed by atoms with Crippen molar-refractivity contribution >= 4 is 11.8 Å². The van der Waals surface area contributed by atoms with Gasteiger partial charge in [-0.05, 0) is 30.2 Å². The van der Waals surface area contributed by atoms with Crippen molar-refractivity contribution in [2.75, 3.05) is 19.7 Å². The summed E-state index contributed by atoms with van der Waals surface area (Å²) < 4.78 is 19.3. The highest BCUT2D eigenvalue weighted by Crippen LogP contribution is 2.20. The van der Waals surface area contributed by atoms with Crippen LogP contribution in [0.5, 0.6) is 0 Å². The zero-order valence-electron chi connectivity index (χ0n) is 14.4. The van der Waals surface area contributed by atoms with Crippen molar-refractivity contribution in [2.45, 2.75) is 18.9 Å². The molecule has 0 saturated carbocycles. The van der Waals surface area contributed by atoms with Gasteiger partial charge in [-0.1, -0.05) is 18.2 Å². The number of nitrogens with two attached hydrogens (primary N) is 1. The summed E-state index contributed by atoms with van der Waals surface area (Å²) in [5.41, 5.74) is 5.82. The molecule has 6 nitrogen and oxygen atoms in total. The Morgan fingerprint density at radius 3 is 2.85 bits per heavy atom. The van der Waals surface area contributed by atoms with E-state index < -0.39 is 11.5 Å². The molecule has 2 N–H and O–H groups in total. The van der Waals surface area contributed by atoms with E-state index in [2.05, 4.69) is 4.98 Å². The van der Waals surface area contributed by atoms with E-state index in [0.717, 1.165) is 5.56 Å². The van der Waals surface area contributed by atoms with Crippen molar-refractivity contribution in [1.82, 2.24) is 9.88 Å². The summed E-state index contributed by atoms with van der Waals surface area (Å²) >= 11 is 0. The van der Waals surface area contributed by atoms with E-state index in [1.165, 1.54) is 17.2 Å². The van der Waals surface area contributed by atoms with Gasteiger partial charge >= 0.3 is 0 Å². The average molecular weight is 357 g/mol. The van der Waals surface area contributed by atoms with Gasteiger partial charge in [-0.3, -0.25) is 14.6 Å². The topological polar surface area (TPSA) is 85.5 Å². The molecule has 2 amide bonds. The van der Waals surface area contributed by atoms with Crippen LogP contribution < -0.4 is 5.73 Å². The van der Waals surface area contributed by atoms with Gasteiger partial charge in [-0.2, -0.15) is 0 Å². The Morgan fingerprint density at radius 1 is 1.35 bits per heavy atom. The second kappa shape index (κ2) is 7.21. The van der Waals surface area contributed by atoms with E-state index in [-0.39, 0.29) is 24.9 Å². The zero-order valence-corrected chi connectivity index (χ0v) is 14.4. The fourth-order valence-electron chi connectivity index (χ4n) is 2.94. The number of morpholine rings is 1. The molecule has 1 aromatic heterocycles. The molecule has 7 heteroatoms. The second-order valence-corrected chi connectivity index (χ2v) is 6.52. The van der Waals surface area contributed by atoms with Gasteiger partial charge < -0.3 is 15.4 Å². The number of amides is 2. The van der Waals surface area contributed by atoms with Crippen molar-refractivity contribution in [3.8, 4) is 0 Å². The van der Waals surface area contributed by atoms with Gasteiger partial charge in [-0.15, -0.1) is 0 Å². The van der Waals surface area contributed by atoms with Gasteiger partial charge in [0.05, 0.1) is 18.7 Å². The number of ether oxygens (including phenoxy) is 1. The van der Waals surface area contributed by atoms with Crippen molar-refractivity contribution in [1.29, 1.82) is 0 Å². The number of carbonyl (C=O) groups excluding carboxylic acids is 2. The smallest absolute Gasteiger partial charge is 0.255 e. The lowest BCUT2D eigenvalue weighted by atomic mass is 10.0. The molecule has 0 radical (unpaired) electrons. The maximum atomic E-state index is 13.8. The number of rotatable bonds is 4. The van der Waals surface area contributed by atoms with Gasteiger partial charge in [0.25, 0.3) is 11.8 Å². The second-order valence-electron chi connectivity index (χ2n) is 6.52. The molecular formula is C19H20FN3O3. The largest absolute Gasteiger partial charge is 0.367 e. The first-order chi connectivity index (χ1) is 12.4. The zero-order chi connectivity index (χ0) is 18.7. The van der Waals surface area contributed by atoms with E-state index in [4.69, 9.17) is 10.5 Å². The molecule has 136 valence electrons. The molecule has 2 heterocycles. The van der Waals surface area contributed by atoms with Crippen LogP contribution in [0.4, 0.5) is 4.39 Å². The first kappa shape index (κ1) is 18.0. The van der Waals surface area contributed by atoms with Gasteiger partial charge in [-0.25, -0.2) is 4.39 Å². The number of nitrogens with zero attached hydrogens (tertiary/aromatic N) is 2. The summed E-state index contributed by atoms with van der Waals surface area (Å²) in [5, 5.41) is 0. The number of carbonyl (C=O) groups is 2. The quantitative estimate of drug-likeness (QED) is 0.899. The van der Waals surface area contributed by atoms with Gasteiger partial charge in [0, 0.05) is 25.4 Å². The molecule has 0 spiro atoms. The number of halogens is 1. The molecule has 0 aliphatic carbocycles. The third-order valence-corrected chi connectivity index (χ3v) is 4.48. The minimum Gasteiger partial charge on any atom is -0.367 e. The van der Waals surface area contributed by atoms with Crippen LogP contribution in [0.3, 0.4) is 0 Å². The molecule has 26 heavy (non-hydrogen) atoms. The lowest BCUT2D eigenvalue weighted by Crippen LogP contribution is -2.58. The Balaban J connectivity index is 1.78. The first-order valence-corrected chi connectivity index (χ1v) is 8.29. The van der Waals surface area contributed by atoms with Crippen LogP contribution in [-0.4, -0.2) is 47.0 Å².